The Balaban J connectivity index is 1.59. The molecule has 2 N–H and O–H groups in total. The average Bonchev–Trinajstić information content (AvgIpc) is 2.69. The van der Waals surface area contributed by atoms with Crippen molar-refractivity contribution < 1.29 is 18.4 Å². The minimum atomic E-state index is -0.885. The van der Waals surface area contributed by atoms with Gasteiger partial charge in [-0.25, -0.2) is 8.78 Å². The fourth-order valence-electron chi connectivity index (χ4n) is 3.43. The summed E-state index contributed by atoms with van der Waals surface area (Å²) in [6.07, 6.45) is 0.930. The van der Waals surface area contributed by atoms with Crippen molar-refractivity contribution in [2.45, 2.75) is 31.2 Å². The summed E-state index contributed by atoms with van der Waals surface area (Å²) in [4.78, 5) is 24.4. The molecule has 27 heavy (non-hydrogen) atoms. The van der Waals surface area contributed by atoms with Crippen LogP contribution in [0.15, 0.2) is 48.5 Å². The number of carbonyl (C=O) groups excluding carboxylic acids is 2. The molecule has 0 aliphatic carbocycles. The molecule has 0 saturated carbocycles. The highest BCUT2D eigenvalue weighted by Crippen LogP contribution is 2.27. The van der Waals surface area contributed by atoms with Gasteiger partial charge in [-0.3, -0.25) is 9.59 Å². The van der Waals surface area contributed by atoms with Crippen molar-refractivity contribution in [1.29, 1.82) is 0 Å². The highest BCUT2D eigenvalue weighted by Gasteiger charge is 2.28. The van der Waals surface area contributed by atoms with Gasteiger partial charge in [-0.2, -0.15) is 0 Å². The second-order valence-electron chi connectivity index (χ2n) is 6.74. The third-order valence-corrected chi connectivity index (χ3v) is 4.88. The number of halogens is 2. The normalized spacial score (nSPS) is 19.5. The summed E-state index contributed by atoms with van der Waals surface area (Å²) < 4.78 is 26.8. The minimum absolute atomic E-state index is 0.0790. The summed E-state index contributed by atoms with van der Waals surface area (Å²) in [6.45, 7) is 1.28. The van der Waals surface area contributed by atoms with E-state index < -0.39 is 11.6 Å². The highest BCUT2D eigenvalue weighted by atomic mass is 19.2. The summed E-state index contributed by atoms with van der Waals surface area (Å²) in [5, 5.41) is 6.15. The maximum absolute atomic E-state index is 13.6. The molecule has 1 aliphatic rings. The van der Waals surface area contributed by atoms with Gasteiger partial charge in [0.05, 0.1) is 0 Å². The molecule has 2 aromatic rings. The van der Waals surface area contributed by atoms with E-state index in [4.69, 9.17) is 0 Å². The molecule has 0 bridgehead atoms. The van der Waals surface area contributed by atoms with Gasteiger partial charge in [0.15, 0.2) is 17.4 Å². The zero-order valence-corrected chi connectivity index (χ0v) is 14.9. The number of hydrogen-bond donors (Lipinski definition) is 2. The number of Topliss-reactive ketones (excluding diaryl/α,β-unsaturated/α-hetero) is 1. The Bertz CT molecular complexity index is 811. The zero-order valence-electron chi connectivity index (χ0n) is 14.9. The van der Waals surface area contributed by atoms with E-state index in [1.54, 1.807) is 30.3 Å². The quantitative estimate of drug-likeness (QED) is 0.766. The van der Waals surface area contributed by atoms with Crippen LogP contribution in [0.5, 0.6) is 0 Å². The highest BCUT2D eigenvalue weighted by molar-refractivity contribution is 5.97. The molecular weight excluding hydrogens is 350 g/mol. The fourth-order valence-corrected chi connectivity index (χ4v) is 3.43. The Kier molecular flexibility index (Phi) is 6.29. The largest absolute Gasteiger partial charge is 0.351 e. The van der Waals surface area contributed by atoms with Crippen LogP contribution in [-0.2, 0) is 4.79 Å². The van der Waals surface area contributed by atoms with Crippen LogP contribution in [0.1, 0.15) is 41.1 Å². The molecule has 6 heteroatoms. The van der Waals surface area contributed by atoms with Gasteiger partial charge >= 0.3 is 0 Å². The summed E-state index contributed by atoms with van der Waals surface area (Å²) in [5.41, 5.74) is 1.25. The third kappa shape index (κ3) is 4.98. The lowest BCUT2D eigenvalue weighted by atomic mass is 9.86. The molecular formula is C21H22F2N2O2. The molecule has 142 valence electrons. The number of carbonyl (C=O) groups is 2. The number of piperidine rings is 1. The lowest BCUT2D eigenvalue weighted by Gasteiger charge is -2.33. The van der Waals surface area contributed by atoms with Crippen molar-refractivity contribution in [3.63, 3.8) is 0 Å². The van der Waals surface area contributed by atoms with Crippen molar-refractivity contribution in [1.82, 2.24) is 10.6 Å². The Hall–Kier alpha value is -2.60. The smallest absolute Gasteiger partial charge is 0.220 e. The SMILES string of the molecule is O=C(CCC(=O)c1ccccc1)NC1CNCCC1c1ccc(F)c(F)c1. The molecule has 2 unspecified atom stereocenters. The first kappa shape index (κ1) is 19.2. The summed E-state index contributed by atoms with van der Waals surface area (Å²) >= 11 is 0. The molecule has 2 atom stereocenters. The average molecular weight is 372 g/mol. The molecule has 4 nitrogen and oxygen atoms in total. The van der Waals surface area contributed by atoms with Gasteiger partial charge in [0, 0.05) is 36.9 Å². The van der Waals surface area contributed by atoms with Crippen LogP contribution >= 0.6 is 0 Å². The number of rotatable bonds is 6. The first-order chi connectivity index (χ1) is 13.0. The van der Waals surface area contributed by atoms with Crippen LogP contribution in [0.25, 0.3) is 0 Å². The van der Waals surface area contributed by atoms with Gasteiger partial charge in [-0.15, -0.1) is 0 Å². The van der Waals surface area contributed by atoms with E-state index in [-0.39, 0.29) is 36.5 Å². The molecule has 1 aliphatic heterocycles. The van der Waals surface area contributed by atoms with E-state index in [0.29, 0.717) is 24.1 Å². The summed E-state index contributed by atoms with van der Waals surface area (Å²) in [7, 11) is 0. The molecule has 3 rings (SSSR count). The number of hydrogen-bond acceptors (Lipinski definition) is 3. The van der Waals surface area contributed by atoms with Crippen molar-refractivity contribution >= 4 is 11.7 Å². The van der Waals surface area contributed by atoms with Crippen LogP contribution in [0.4, 0.5) is 8.78 Å². The molecule has 0 radical (unpaired) electrons. The number of amides is 1. The second-order valence-corrected chi connectivity index (χ2v) is 6.74. The van der Waals surface area contributed by atoms with E-state index in [2.05, 4.69) is 10.6 Å². The van der Waals surface area contributed by atoms with Crippen LogP contribution in [0, 0.1) is 11.6 Å². The monoisotopic (exact) mass is 372 g/mol. The van der Waals surface area contributed by atoms with Crippen LogP contribution < -0.4 is 10.6 Å². The minimum Gasteiger partial charge on any atom is -0.351 e. The van der Waals surface area contributed by atoms with E-state index in [0.717, 1.165) is 12.6 Å². The van der Waals surface area contributed by atoms with E-state index in [1.165, 1.54) is 6.07 Å². The molecule has 1 heterocycles. The van der Waals surface area contributed by atoms with Crippen LogP contribution in [-0.4, -0.2) is 30.8 Å². The van der Waals surface area contributed by atoms with E-state index >= 15 is 0 Å². The predicted octanol–water partition coefficient (Wildman–Crippen LogP) is 3.19. The Morgan fingerprint density at radius 1 is 1.04 bits per heavy atom. The maximum atomic E-state index is 13.6. The van der Waals surface area contributed by atoms with Gasteiger partial charge in [0.1, 0.15) is 0 Å². The molecule has 1 saturated heterocycles. The van der Waals surface area contributed by atoms with Crippen molar-refractivity contribution in [2.75, 3.05) is 13.1 Å². The molecule has 2 aromatic carbocycles. The zero-order chi connectivity index (χ0) is 19.2. The number of benzene rings is 2. The first-order valence-electron chi connectivity index (χ1n) is 9.08. The van der Waals surface area contributed by atoms with Crippen LogP contribution in [0.3, 0.4) is 0 Å². The predicted molar refractivity (Wildman–Crippen MR) is 98.5 cm³/mol. The van der Waals surface area contributed by atoms with E-state index in [9.17, 15) is 18.4 Å². The van der Waals surface area contributed by atoms with Gasteiger partial charge in [-0.05, 0) is 30.7 Å². The topological polar surface area (TPSA) is 58.2 Å². The molecule has 0 aromatic heterocycles. The molecule has 1 amide bonds. The lowest BCUT2D eigenvalue weighted by Crippen LogP contribution is -2.50. The van der Waals surface area contributed by atoms with Gasteiger partial charge in [0.2, 0.25) is 5.91 Å². The number of ketones is 1. The summed E-state index contributed by atoms with van der Waals surface area (Å²) in [5.74, 6) is -2.17. The third-order valence-electron chi connectivity index (χ3n) is 4.88. The second kappa shape index (κ2) is 8.86. The first-order valence-corrected chi connectivity index (χ1v) is 9.08. The Morgan fingerprint density at radius 3 is 2.56 bits per heavy atom. The van der Waals surface area contributed by atoms with Crippen molar-refractivity contribution in [3.8, 4) is 0 Å². The standard InChI is InChI=1S/C21H22F2N2O2/c22-17-7-6-15(12-18(17)23)16-10-11-24-13-19(16)25-21(27)9-8-20(26)14-4-2-1-3-5-14/h1-7,12,16,19,24H,8-11,13H2,(H,25,27). The van der Waals surface area contributed by atoms with E-state index in [1.807, 2.05) is 6.07 Å². The van der Waals surface area contributed by atoms with Gasteiger partial charge in [0.25, 0.3) is 0 Å². The maximum Gasteiger partial charge on any atom is 0.220 e. The van der Waals surface area contributed by atoms with Gasteiger partial charge < -0.3 is 10.6 Å². The molecule has 0 spiro atoms. The van der Waals surface area contributed by atoms with Crippen LogP contribution in [0.2, 0.25) is 0 Å². The van der Waals surface area contributed by atoms with Crippen molar-refractivity contribution in [3.05, 3.63) is 71.3 Å². The Labute approximate surface area is 157 Å². The van der Waals surface area contributed by atoms with Gasteiger partial charge in [-0.1, -0.05) is 36.4 Å². The summed E-state index contributed by atoms with van der Waals surface area (Å²) in [6, 6.07) is 12.5. The van der Waals surface area contributed by atoms with Crippen molar-refractivity contribution in [2.24, 2.45) is 0 Å². The fraction of sp³-hybridized carbons (Fsp3) is 0.333. The Morgan fingerprint density at radius 2 is 1.81 bits per heavy atom. The number of nitrogens with one attached hydrogen (secondary N) is 2. The molecule has 1 fully saturated rings. The lowest BCUT2D eigenvalue weighted by molar-refractivity contribution is -0.122.